The van der Waals surface area contributed by atoms with Crippen LogP contribution in [0.5, 0.6) is 0 Å². The molecule has 1 aliphatic rings. The Hall–Kier alpha value is -1.52. The standard InChI is InChI=1S/C16H17Cl2NO3/c1-10(11-5-6-11)19-15(20)9-22-16(21)8-7-12-13(17)3-2-4-14(12)18/h2-4,7-8,10-11H,5-6,9H2,1H3,(H,19,20)/b8-7+/t10-/m0/s1. The lowest BCUT2D eigenvalue weighted by molar-refractivity contribution is -0.144. The van der Waals surface area contributed by atoms with Crippen LogP contribution in [0.1, 0.15) is 25.3 Å². The molecule has 0 radical (unpaired) electrons. The van der Waals surface area contributed by atoms with Gasteiger partial charge in [-0.3, -0.25) is 4.79 Å². The van der Waals surface area contributed by atoms with E-state index < -0.39 is 5.97 Å². The van der Waals surface area contributed by atoms with Crippen molar-refractivity contribution in [2.24, 2.45) is 5.92 Å². The zero-order valence-corrected chi connectivity index (χ0v) is 13.7. The van der Waals surface area contributed by atoms with Gasteiger partial charge in [-0.2, -0.15) is 0 Å². The largest absolute Gasteiger partial charge is 0.452 e. The van der Waals surface area contributed by atoms with Crippen LogP contribution >= 0.6 is 23.2 Å². The summed E-state index contributed by atoms with van der Waals surface area (Å²) in [6.07, 6.45) is 4.95. The molecule has 1 fully saturated rings. The molecule has 22 heavy (non-hydrogen) atoms. The molecule has 1 aromatic rings. The Labute approximate surface area is 139 Å². The summed E-state index contributed by atoms with van der Waals surface area (Å²) < 4.78 is 4.88. The fraction of sp³-hybridized carbons (Fsp3) is 0.375. The van der Waals surface area contributed by atoms with Gasteiger partial charge in [-0.15, -0.1) is 0 Å². The highest BCUT2D eigenvalue weighted by atomic mass is 35.5. The Balaban J connectivity index is 1.80. The maximum absolute atomic E-state index is 11.6. The van der Waals surface area contributed by atoms with Crippen molar-refractivity contribution in [2.45, 2.75) is 25.8 Å². The third-order valence-corrected chi connectivity index (χ3v) is 4.11. The molecule has 1 N–H and O–H groups in total. The Morgan fingerprint density at radius 2 is 2.00 bits per heavy atom. The summed E-state index contributed by atoms with van der Waals surface area (Å²) in [6.45, 7) is 1.66. The van der Waals surface area contributed by atoms with Gasteiger partial charge in [-0.1, -0.05) is 29.3 Å². The van der Waals surface area contributed by atoms with Crippen LogP contribution in [0.4, 0.5) is 0 Å². The molecule has 6 heteroatoms. The van der Waals surface area contributed by atoms with Gasteiger partial charge in [0.2, 0.25) is 0 Å². The minimum Gasteiger partial charge on any atom is -0.452 e. The smallest absolute Gasteiger partial charge is 0.331 e. The van der Waals surface area contributed by atoms with E-state index in [4.69, 9.17) is 27.9 Å². The molecule has 0 aromatic heterocycles. The second-order valence-corrected chi connectivity index (χ2v) is 6.08. The quantitative estimate of drug-likeness (QED) is 0.636. The zero-order valence-electron chi connectivity index (χ0n) is 12.1. The van der Waals surface area contributed by atoms with E-state index in [1.54, 1.807) is 18.2 Å². The lowest BCUT2D eigenvalue weighted by Gasteiger charge is -2.12. The maximum Gasteiger partial charge on any atom is 0.331 e. The van der Waals surface area contributed by atoms with Gasteiger partial charge < -0.3 is 10.1 Å². The van der Waals surface area contributed by atoms with Crippen LogP contribution < -0.4 is 5.32 Å². The molecule has 1 atom stereocenters. The van der Waals surface area contributed by atoms with Crippen LogP contribution in [0.2, 0.25) is 10.0 Å². The summed E-state index contributed by atoms with van der Waals surface area (Å²) in [6, 6.07) is 5.19. The third kappa shape index (κ3) is 5.04. The van der Waals surface area contributed by atoms with E-state index in [1.807, 2.05) is 6.92 Å². The molecule has 1 aliphatic carbocycles. The van der Waals surface area contributed by atoms with E-state index in [0.29, 0.717) is 21.5 Å². The molecular weight excluding hydrogens is 325 g/mol. The first-order valence-corrected chi connectivity index (χ1v) is 7.81. The number of benzene rings is 1. The Morgan fingerprint density at radius 1 is 1.36 bits per heavy atom. The molecule has 0 aliphatic heterocycles. The average molecular weight is 342 g/mol. The Kier molecular flexibility index (Phi) is 5.86. The molecule has 0 saturated heterocycles. The van der Waals surface area contributed by atoms with E-state index in [1.165, 1.54) is 12.2 Å². The SMILES string of the molecule is C[C@H](NC(=O)COC(=O)/C=C/c1c(Cl)cccc1Cl)C1CC1. The molecule has 1 saturated carbocycles. The van der Waals surface area contributed by atoms with Crippen molar-refractivity contribution < 1.29 is 14.3 Å². The van der Waals surface area contributed by atoms with Gasteiger partial charge in [-0.25, -0.2) is 4.79 Å². The van der Waals surface area contributed by atoms with Gasteiger partial charge in [0.25, 0.3) is 5.91 Å². The number of amides is 1. The number of esters is 1. The van der Waals surface area contributed by atoms with E-state index in [9.17, 15) is 9.59 Å². The highest BCUT2D eigenvalue weighted by molar-refractivity contribution is 6.37. The molecule has 2 rings (SSSR count). The number of carbonyl (C=O) groups excluding carboxylic acids is 2. The normalized spacial score (nSPS) is 15.6. The Morgan fingerprint density at radius 3 is 2.59 bits per heavy atom. The van der Waals surface area contributed by atoms with E-state index >= 15 is 0 Å². The second kappa shape index (κ2) is 7.65. The van der Waals surface area contributed by atoms with E-state index in [-0.39, 0.29) is 18.6 Å². The van der Waals surface area contributed by atoms with Crippen molar-refractivity contribution in [3.05, 3.63) is 39.9 Å². The van der Waals surface area contributed by atoms with Crippen LogP contribution in [0, 0.1) is 5.92 Å². The molecule has 4 nitrogen and oxygen atoms in total. The number of halogens is 2. The number of hydrogen-bond acceptors (Lipinski definition) is 3. The molecule has 0 spiro atoms. The first-order valence-electron chi connectivity index (χ1n) is 7.05. The van der Waals surface area contributed by atoms with Crippen LogP contribution in [0.3, 0.4) is 0 Å². The second-order valence-electron chi connectivity index (χ2n) is 5.27. The van der Waals surface area contributed by atoms with Crippen molar-refractivity contribution in [1.82, 2.24) is 5.32 Å². The third-order valence-electron chi connectivity index (χ3n) is 3.45. The van der Waals surface area contributed by atoms with Crippen LogP contribution in [-0.2, 0) is 14.3 Å². The number of carbonyl (C=O) groups is 2. The highest BCUT2D eigenvalue weighted by Gasteiger charge is 2.28. The minimum atomic E-state index is -0.620. The van der Waals surface area contributed by atoms with Crippen molar-refractivity contribution >= 4 is 41.2 Å². The summed E-state index contributed by atoms with van der Waals surface area (Å²) >= 11 is 12.0. The van der Waals surface area contributed by atoms with Crippen LogP contribution in [-0.4, -0.2) is 24.5 Å². The average Bonchev–Trinajstić information content (AvgIpc) is 3.29. The summed E-state index contributed by atoms with van der Waals surface area (Å²) in [7, 11) is 0. The van der Waals surface area contributed by atoms with Gasteiger partial charge in [-0.05, 0) is 43.9 Å². The molecule has 0 unspecified atom stereocenters. The first kappa shape index (κ1) is 16.8. The molecule has 1 aromatic carbocycles. The zero-order chi connectivity index (χ0) is 16.1. The van der Waals surface area contributed by atoms with Gasteiger partial charge in [0.05, 0.1) is 0 Å². The molecule has 1 amide bonds. The summed E-state index contributed by atoms with van der Waals surface area (Å²) in [5.41, 5.74) is 0.537. The maximum atomic E-state index is 11.6. The van der Waals surface area contributed by atoms with Crippen molar-refractivity contribution in [2.75, 3.05) is 6.61 Å². The van der Waals surface area contributed by atoms with Gasteiger partial charge in [0.1, 0.15) is 0 Å². The van der Waals surface area contributed by atoms with Crippen LogP contribution in [0.25, 0.3) is 6.08 Å². The van der Waals surface area contributed by atoms with Crippen molar-refractivity contribution in [3.63, 3.8) is 0 Å². The first-order chi connectivity index (χ1) is 10.5. The molecular formula is C16H17Cl2NO3. The number of hydrogen-bond donors (Lipinski definition) is 1. The molecule has 118 valence electrons. The highest BCUT2D eigenvalue weighted by Crippen LogP contribution is 2.32. The molecule has 0 heterocycles. The lowest BCUT2D eigenvalue weighted by atomic mass is 10.2. The summed E-state index contributed by atoms with van der Waals surface area (Å²) in [5, 5.41) is 3.68. The minimum absolute atomic E-state index is 0.128. The Bertz CT molecular complexity index is 577. The number of nitrogens with one attached hydrogen (secondary N) is 1. The van der Waals surface area contributed by atoms with Gasteiger partial charge in [0.15, 0.2) is 6.61 Å². The lowest BCUT2D eigenvalue weighted by Crippen LogP contribution is -2.36. The predicted octanol–water partition coefficient (Wildman–Crippen LogP) is 3.46. The van der Waals surface area contributed by atoms with Crippen molar-refractivity contribution in [1.29, 1.82) is 0 Å². The number of rotatable bonds is 6. The summed E-state index contributed by atoms with van der Waals surface area (Å²) in [4.78, 5) is 23.2. The predicted molar refractivity (Wildman–Crippen MR) is 86.8 cm³/mol. The monoisotopic (exact) mass is 341 g/mol. The van der Waals surface area contributed by atoms with Gasteiger partial charge >= 0.3 is 5.97 Å². The summed E-state index contributed by atoms with van der Waals surface area (Å²) in [5.74, 6) is -0.357. The van der Waals surface area contributed by atoms with Crippen LogP contribution in [0.15, 0.2) is 24.3 Å². The van der Waals surface area contributed by atoms with E-state index in [2.05, 4.69) is 5.32 Å². The van der Waals surface area contributed by atoms with Gasteiger partial charge in [0, 0.05) is 27.7 Å². The van der Waals surface area contributed by atoms with Crippen molar-refractivity contribution in [3.8, 4) is 0 Å². The number of ether oxygens (including phenoxy) is 1. The topological polar surface area (TPSA) is 55.4 Å². The fourth-order valence-electron chi connectivity index (χ4n) is 2.02. The fourth-order valence-corrected chi connectivity index (χ4v) is 2.54. The van der Waals surface area contributed by atoms with E-state index in [0.717, 1.165) is 12.8 Å². The molecule has 0 bridgehead atoms.